The minimum absolute atomic E-state index is 0.0350. The number of methoxy groups -OCH3 is 2. The lowest BCUT2D eigenvalue weighted by Crippen LogP contribution is -2.51. The maximum Gasteiger partial charge on any atom is 0.317 e. The van der Waals surface area contributed by atoms with Crippen molar-refractivity contribution in [1.29, 1.82) is 0 Å². The van der Waals surface area contributed by atoms with Gasteiger partial charge in [0.05, 0.1) is 13.7 Å². The molecule has 0 bridgehead atoms. The van der Waals surface area contributed by atoms with Gasteiger partial charge in [-0.2, -0.15) is 0 Å². The van der Waals surface area contributed by atoms with E-state index in [1.807, 2.05) is 31.2 Å². The van der Waals surface area contributed by atoms with Crippen molar-refractivity contribution in [3.05, 3.63) is 29.8 Å². The topological polar surface area (TPSA) is 79.9 Å². The van der Waals surface area contributed by atoms with Gasteiger partial charge < -0.3 is 25.0 Å². The Morgan fingerprint density at radius 2 is 1.77 bits per heavy atom. The van der Waals surface area contributed by atoms with Crippen LogP contribution in [0.5, 0.6) is 5.75 Å². The average Bonchev–Trinajstić information content (AvgIpc) is 2.67. The van der Waals surface area contributed by atoms with Crippen LogP contribution in [0.2, 0.25) is 0 Å². The molecule has 144 valence electrons. The van der Waals surface area contributed by atoms with E-state index in [0.717, 1.165) is 11.3 Å². The van der Waals surface area contributed by atoms with E-state index in [2.05, 4.69) is 10.6 Å². The van der Waals surface area contributed by atoms with Gasteiger partial charge in [-0.1, -0.05) is 19.1 Å². The van der Waals surface area contributed by atoms with Gasteiger partial charge in [-0.25, -0.2) is 4.79 Å². The van der Waals surface area contributed by atoms with E-state index >= 15 is 0 Å². The predicted molar refractivity (Wildman–Crippen MR) is 99.0 cm³/mol. The van der Waals surface area contributed by atoms with E-state index in [9.17, 15) is 9.59 Å². The van der Waals surface area contributed by atoms with Crippen LogP contribution in [0.4, 0.5) is 4.79 Å². The lowest BCUT2D eigenvalue weighted by Gasteiger charge is -2.38. The van der Waals surface area contributed by atoms with Gasteiger partial charge >= 0.3 is 6.03 Å². The molecule has 1 aromatic carbocycles. The van der Waals surface area contributed by atoms with Crippen molar-refractivity contribution in [3.63, 3.8) is 0 Å². The van der Waals surface area contributed by atoms with Gasteiger partial charge in [0.25, 0.3) is 0 Å². The third-order valence-corrected chi connectivity index (χ3v) is 4.90. The zero-order chi connectivity index (χ0) is 19.0. The number of nitrogens with zero attached hydrogens (tertiary/aromatic N) is 1. The van der Waals surface area contributed by atoms with E-state index < -0.39 is 5.41 Å². The summed E-state index contributed by atoms with van der Waals surface area (Å²) in [5.74, 6) is 0.830. The number of benzene rings is 1. The molecule has 1 aromatic rings. The molecule has 0 unspecified atom stereocenters. The number of carbonyl (C=O) groups excluding carboxylic acids is 2. The number of piperidine rings is 1. The van der Waals surface area contributed by atoms with Gasteiger partial charge in [0.15, 0.2) is 0 Å². The predicted octanol–water partition coefficient (Wildman–Crippen LogP) is 1.77. The Hall–Kier alpha value is -2.28. The average molecular weight is 363 g/mol. The standard InChI is InChI=1S/C19H29N3O4/c1-19(8-11-22(12-9-19)18(24)20-10-13-25-2)17(23)21-14-15-4-6-16(26-3)7-5-15/h4-7H,8-14H2,1-3H3,(H,20,24)(H,21,23). The van der Waals surface area contributed by atoms with Crippen molar-refractivity contribution in [1.82, 2.24) is 15.5 Å². The second kappa shape index (κ2) is 9.43. The Balaban J connectivity index is 1.79. The zero-order valence-electron chi connectivity index (χ0n) is 15.8. The smallest absolute Gasteiger partial charge is 0.317 e. The Kier molecular flexibility index (Phi) is 7.26. The van der Waals surface area contributed by atoms with Crippen LogP contribution in [0, 0.1) is 5.41 Å². The molecular formula is C19H29N3O4. The molecule has 0 atom stereocenters. The van der Waals surface area contributed by atoms with Crippen molar-refractivity contribution in [2.24, 2.45) is 5.41 Å². The number of carbonyl (C=O) groups is 2. The van der Waals surface area contributed by atoms with E-state index in [1.165, 1.54) is 0 Å². The number of hydrogen-bond acceptors (Lipinski definition) is 4. The van der Waals surface area contributed by atoms with E-state index in [-0.39, 0.29) is 11.9 Å². The molecule has 2 rings (SSSR count). The molecule has 2 N–H and O–H groups in total. The molecule has 0 saturated carbocycles. The van der Waals surface area contributed by atoms with Crippen molar-refractivity contribution in [3.8, 4) is 5.75 Å². The van der Waals surface area contributed by atoms with Crippen molar-refractivity contribution in [2.75, 3.05) is 40.5 Å². The maximum absolute atomic E-state index is 12.6. The number of ether oxygens (including phenoxy) is 2. The molecule has 1 fully saturated rings. The van der Waals surface area contributed by atoms with Crippen LogP contribution in [-0.2, 0) is 16.1 Å². The summed E-state index contributed by atoms with van der Waals surface area (Å²) in [5.41, 5.74) is 0.577. The van der Waals surface area contributed by atoms with Crippen LogP contribution in [0.25, 0.3) is 0 Å². The molecule has 1 aliphatic heterocycles. The number of urea groups is 1. The summed E-state index contributed by atoms with van der Waals surface area (Å²) in [6.07, 6.45) is 1.30. The quantitative estimate of drug-likeness (QED) is 0.724. The van der Waals surface area contributed by atoms with E-state index in [4.69, 9.17) is 9.47 Å². The fourth-order valence-corrected chi connectivity index (χ4v) is 2.94. The first-order valence-electron chi connectivity index (χ1n) is 8.91. The number of hydrogen-bond donors (Lipinski definition) is 2. The zero-order valence-corrected chi connectivity index (χ0v) is 15.8. The number of likely N-dealkylation sites (tertiary alicyclic amines) is 1. The monoisotopic (exact) mass is 363 g/mol. The highest BCUT2D eigenvalue weighted by Gasteiger charge is 2.37. The summed E-state index contributed by atoms with van der Waals surface area (Å²) in [5, 5.41) is 5.83. The summed E-state index contributed by atoms with van der Waals surface area (Å²) >= 11 is 0. The number of nitrogens with one attached hydrogen (secondary N) is 2. The molecule has 7 nitrogen and oxygen atoms in total. The summed E-state index contributed by atoms with van der Waals surface area (Å²) < 4.78 is 10.1. The molecule has 0 aliphatic carbocycles. The largest absolute Gasteiger partial charge is 0.497 e. The lowest BCUT2D eigenvalue weighted by molar-refractivity contribution is -0.132. The van der Waals surface area contributed by atoms with Crippen LogP contribution >= 0.6 is 0 Å². The Bertz CT molecular complexity index is 595. The second-order valence-corrected chi connectivity index (χ2v) is 6.80. The Morgan fingerprint density at radius 3 is 2.35 bits per heavy atom. The van der Waals surface area contributed by atoms with Gasteiger partial charge in [0, 0.05) is 38.7 Å². The van der Waals surface area contributed by atoms with Gasteiger partial charge in [-0.3, -0.25) is 4.79 Å². The molecule has 0 radical (unpaired) electrons. The maximum atomic E-state index is 12.6. The summed E-state index contributed by atoms with van der Waals surface area (Å²) in [6.45, 7) is 4.59. The third-order valence-electron chi connectivity index (χ3n) is 4.90. The summed E-state index contributed by atoms with van der Waals surface area (Å²) in [7, 11) is 3.23. The lowest BCUT2D eigenvalue weighted by atomic mass is 9.79. The fraction of sp³-hybridized carbons (Fsp3) is 0.579. The van der Waals surface area contributed by atoms with E-state index in [1.54, 1.807) is 19.1 Å². The first kappa shape index (κ1) is 20.0. The molecule has 26 heavy (non-hydrogen) atoms. The third kappa shape index (κ3) is 5.36. The molecule has 7 heteroatoms. The summed E-state index contributed by atoms with van der Waals surface area (Å²) in [4.78, 5) is 26.5. The highest BCUT2D eigenvalue weighted by Crippen LogP contribution is 2.31. The molecule has 1 aliphatic rings. The van der Waals surface area contributed by atoms with Crippen LogP contribution in [-0.4, -0.2) is 57.3 Å². The van der Waals surface area contributed by atoms with Crippen molar-refractivity contribution < 1.29 is 19.1 Å². The van der Waals surface area contributed by atoms with Gasteiger partial charge in [0.2, 0.25) is 5.91 Å². The van der Waals surface area contributed by atoms with Crippen molar-refractivity contribution >= 4 is 11.9 Å². The Morgan fingerprint density at radius 1 is 1.12 bits per heavy atom. The van der Waals surface area contributed by atoms with Crippen LogP contribution in [0.1, 0.15) is 25.3 Å². The van der Waals surface area contributed by atoms with Gasteiger partial charge in [-0.15, -0.1) is 0 Å². The first-order valence-corrected chi connectivity index (χ1v) is 8.91. The fourth-order valence-electron chi connectivity index (χ4n) is 2.94. The van der Waals surface area contributed by atoms with Gasteiger partial charge in [-0.05, 0) is 30.5 Å². The molecule has 0 aromatic heterocycles. The minimum atomic E-state index is -0.449. The molecule has 0 spiro atoms. The minimum Gasteiger partial charge on any atom is -0.497 e. The SMILES string of the molecule is COCCNC(=O)N1CCC(C)(C(=O)NCc2ccc(OC)cc2)CC1. The number of rotatable bonds is 7. The van der Waals surface area contributed by atoms with Crippen LogP contribution < -0.4 is 15.4 Å². The first-order chi connectivity index (χ1) is 12.5. The Labute approximate surface area is 155 Å². The van der Waals surface area contributed by atoms with Crippen LogP contribution in [0.15, 0.2) is 24.3 Å². The molecule has 3 amide bonds. The molecule has 1 saturated heterocycles. The highest BCUT2D eigenvalue weighted by molar-refractivity contribution is 5.83. The van der Waals surface area contributed by atoms with Crippen LogP contribution in [0.3, 0.4) is 0 Å². The second-order valence-electron chi connectivity index (χ2n) is 6.80. The van der Waals surface area contributed by atoms with Gasteiger partial charge in [0.1, 0.15) is 5.75 Å². The summed E-state index contributed by atoms with van der Waals surface area (Å²) in [6, 6.07) is 7.54. The molecular weight excluding hydrogens is 334 g/mol. The number of amides is 3. The van der Waals surface area contributed by atoms with Crippen molar-refractivity contribution in [2.45, 2.75) is 26.3 Å². The molecule has 1 heterocycles. The van der Waals surface area contributed by atoms with E-state index in [0.29, 0.717) is 45.6 Å². The highest BCUT2D eigenvalue weighted by atomic mass is 16.5. The normalized spacial score (nSPS) is 16.0.